The van der Waals surface area contributed by atoms with Crippen molar-refractivity contribution in [3.05, 3.63) is 164 Å². The van der Waals surface area contributed by atoms with Gasteiger partial charge in [0.15, 0.2) is 0 Å². The minimum Gasteiger partial charge on any atom is -0.456 e. The van der Waals surface area contributed by atoms with Gasteiger partial charge in [-0.15, -0.1) is 0 Å². The molecule has 52 heavy (non-hydrogen) atoms. The van der Waals surface area contributed by atoms with Crippen LogP contribution in [0.2, 0.25) is 0 Å². The third-order valence-electron chi connectivity index (χ3n) is 9.78. The standard InChI is InChI=1S/C45H26N6O/c46-23-36-41(28-9-5-17-47-24-28)43(30-11-7-19-49-26-30)45(44(31-12-8-20-50-27-31)42(36)29-10-6-18-48-25-29)51-37-15-3-1-13-32(37)34-21-35-33-14-2-4-16-39(33)52-40(35)22-38(34)51/h1-22,24-27H. The molecule has 0 fully saturated rings. The molecule has 7 nitrogen and oxygen atoms in total. The lowest BCUT2D eigenvalue weighted by molar-refractivity contribution is 0.669. The minimum atomic E-state index is 0.503. The van der Waals surface area contributed by atoms with Crippen LogP contribution in [0.1, 0.15) is 5.56 Å². The Bertz CT molecular complexity index is 2900. The average molecular weight is 667 g/mol. The van der Waals surface area contributed by atoms with E-state index >= 15 is 0 Å². The van der Waals surface area contributed by atoms with Crippen molar-refractivity contribution in [3.8, 4) is 56.3 Å². The maximum atomic E-state index is 11.3. The fourth-order valence-electron chi connectivity index (χ4n) is 7.68. The number of fused-ring (bicyclic) bond motifs is 6. The van der Waals surface area contributed by atoms with E-state index in [4.69, 9.17) is 4.42 Å². The van der Waals surface area contributed by atoms with E-state index in [9.17, 15) is 5.26 Å². The molecular weight excluding hydrogens is 641 g/mol. The molecule has 0 saturated heterocycles. The molecule has 10 rings (SSSR count). The number of benzene rings is 4. The summed E-state index contributed by atoms with van der Waals surface area (Å²) in [5.41, 5.74) is 11.5. The van der Waals surface area contributed by atoms with Gasteiger partial charge in [0.2, 0.25) is 0 Å². The predicted octanol–water partition coefficient (Wildman–Crippen LogP) is 10.8. The summed E-state index contributed by atoms with van der Waals surface area (Å²) < 4.78 is 8.83. The number of aromatic nitrogens is 5. The molecule has 0 aliphatic rings. The van der Waals surface area contributed by atoms with Gasteiger partial charge >= 0.3 is 0 Å². The van der Waals surface area contributed by atoms with Crippen molar-refractivity contribution in [2.45, 2.75) is 0 Å². The zero-order valence-corrected chi connectivity index (χ0v) is 27.6. The summed E-state index contributed by atoms with van der Waals surface area (Å²) in [4.78, 5) is 18.3. The Morgan fingerprint density at radius 3 is 1.52 bits per heavy atom. The maximum Gasteiger partial charge on any atom is 0.137 e. The molecule has 0 atom stereocenters. The van der Waals surface area contributed by atoms with Crippen LogP contribution in [0.3, 0.4) is 0 Å². The summed E-state index contributed by atoms with van der Waals surface area (Å²) in [6, 6.07) is 39.5. The summed E-state index contributed by atoms with van der Waals surface area (Å²) in [6.45, 7) is 0. The van der Waals surface area contributed by atoms with Crippen molar-refractivity contribution in [1.82, 2.24) is 24.5 Å². The van der Waals surface area contributed by atoms with Gasteiger partial charge in [-0.25, -0.2) is 0 Å². The van der Waals surface area contributed by atoms with Crippen LogP contribution >= 0.6 is 0 Å². The molecule has 0 unspecified atom stereocenters. The summed E-state index contributed by atoms with van der Waals surface area (Å²) in [6.07, 6.45) is 14.4. The Morgan fingerprint density at radius 2 is 0.981 bits per heavy atom. The van der Waals surface area contributed by atoms with E-state index in [1.165, 1.54) is 0 Å². The van der Waals surface area contributed by atoms with Crippen LogP contribution in [0.5, 0.6) is 0 Å². The second-order valence-electron chi connectivity index (χ2n) is 12.6. The molecule has 0 aliphatic heterocycles. The molecule has 6 heterocycles. The first-order valence-electron chi connectivity index (χ1n) is 16.9. The number of hydrogen-bond donors (Lipinski definition) is 0. The smallest absolute Gasteiger partial charge is 0.137 e. The quantitative estimate of drug-likeness (QED) is 0.181. The van der Waals surface area contributed by atoms with E-state index < -0.39 is 0 Å². The zero-order chi connectivity index (χ0) is 34.6. The molecule has 0 N–H and O–H groups in total. The highest BCUT2D eigenvalue weighted by molar-refractivity contribution is 6.19. The van der Waals surface area contributed by atoms with Crippen LogP contribution in [0.25, 0.3) is 93.9 Å². The molecule has 0 saturated carbocycles. The highest BCUT2D eigenvalue weighted by atomic mass is 16.3. The van der Waals surface area contributed by atoms with Gasteiger partial charge in [-0.1, -0.05) is 60.7 Å². The molecule has 10 aromatic rings. The number of furan rings is 1. The van der Waals surface area contributed by atoms with E-state index in [2.05, 4.69) is 85.2 Å². The highest BCUT2D eigenvalue weighted by Gasteiger charge is 2.31. The van der Waals surface area contributed by atoms with Crippen molar-refractivity contribution in [1.29, 1.82) is 5.26 Å². The Hall–Kier alpha value is -7.43. The number of nitriles is 1. The van der Waals surface area contributed by atoms with Crippen molar-refractivity contribution in [2.24, 2.45) is 0 Å². The third kappa shape index (κ3) is 4.45. The lowest BCUT2D eigenvalue weighted by atomic mass is 9.80. The van der Waals surface area contributed by atoms with E-state index in [1.807, 2.05) is 79.4 Å². The Kier molecular flexibility index (Phi) is 6.73. The molecule has 0 bridgehead atoms. The summed E-state index contributed by atoms with van der Waals surface area (Å²) in [7, 11) is 0. The molecule has 242 valence electrons. The van der Waals surface area contributed by atoms with Gasteiger partial charge in [0.25, 0.3) is 0 Å². The number of hydrogen-bond acceptors (Lipinski definition) is 6. The van der Waals surface area contributed by atoms with Gasteiger partial charge in [-0.3, -0.25) is 19.9 Å². The van der Waals surface area contributed by atoms with Gasteiger partial charge in [-0.05, 0) is 42.5 Å². The van der Waals surface area contributed by atoms with Gasteiger partial charge in [0.1, 0.15) is 17.2 Å². The number of nitrogens with zero attached hydrogens (tertiary/aromatic N) is 6. The summed E-state index contributed by atoms with van der Waals surface area (Å²) in [5, 5.41) is 15.6. The van der Waals surface area contributed by atoms with Gasteiger partial charge < -0.3 is 8.98 Å². The van der Waals surface area contributed by atoms with E-state index in [0.717, 1.165) is 93.9 Å². The summed E-state index contributed by atoms with van der Waals surface area (Å²) in [5.74, 6) is 0. The molecule has 0 radical (unpaired) electrons. The molecule has 4 aromatic carbocycles. The Labute approximate surface area is 297 Å². The average Bonchev–Trinajstić information content (AvgIpc) is 3.74. The van der Waals surface area contributed by atoms with Crippen molar-refractivity contribution in [3.63, 3.8) is 0 Å². The Balaban J connectivity index is 1.51. The van der Waals surface area contributed by atoms with E-state index in [-0.39, 0.29) is 0 Å². The number of pyridine rings is 4. The summed E-state index contributed by atoms with van der Waals surface area (Å²) >= 11 is 0. The zero-order valence-electron chi connectivity index (χ0n) is 27.6. The number of para-hydroxylation sites is 2. The minimum absolute atomic E-state index is 0.503. The first kappa shape index (κ1) is 29.5. The monoisotopic (exact) mass is 666 g/mol. The SMILES string of the molecule is N#Cc1c(-c2cccnc2)c(-c2cccnc2)c(-n2c3ccccc3c3cc4c(cc32)oc2ccccc24)c(-c2cccnc2)c1-c1cccnc1. The predicted molar refractivity (Wildman–Crippen MR) is 206 cm³/mol. The molecule has 0 spiro atoms. The third-order valence-corrected chi connectivity index (χ3v) is 9.78. The molecule has 6 aromatic heterocycles. The number of rotatable bonds is 5. The fourth-order valence-corrected chi connectivity index (χ4v) is 7.68. The van der Waals surface area contributed by atoms with Crippen molar-refractivity contribution < 1.29 is 4.42 Å². The topological polar surface area (TPSA) is 93.4 Å². The lowest BCUT2D eigenvalue weighted by Gasteiger charge is -2.26. The first-order valence-corrected chi connectivity index (χ1v) is 16.9. The molecule has 0 amide bonds. The van der Waals surface area contributed by atoms with Crippen LogP contribution in [-0.2, 0) is 0 Å². The van der Waals surface area contributed by atoms with Crippen LogP contribution in [0.4, 0.5) is 0 Å². The normalized spacial score (nSPS) is 11.4. The van der Waals surface area contributed by atoms with Gasteiger partial charge in [0, 0.05) is 122 Å². The van der Waals surface area contributed by atoms with Crippen LogP contribution in [0, 0.1) is 11.3 Å². The second kappa shape index (κ2) is 11.9. The van der Waals surface area contributed by atoms with Gasteiger partial charge in [-0.2, -0.15) is 5.26 Å². The van der Waals surface area contributed by atoms with Crippen molar-refractivity contribution in [2.75, 3.05) is 0 Å². The van der Waals surface area contributed by atoms with Crippen LogP contribution in [0.15, 0.2) is 163 Å². The largest absolute Gasteiger partial charge is 0.456 e. The molecular formula is C45H26N6O. The second-order valence-corrected chi connectivity index (χ2v) is 12.6. The van der Waals surface area contributed by atoms with Crippen molar-refractivity contribution >= 4 is 43.7 Å². The van der Waals surface area contributed by atoms with E-state index in [1.54, 1.807) is 24.8 Å². The molecule has 0 aliphatic carbocycles. The molecule has 7 heteroatoms. The highest BCUT2D eigenvalue weighted by Crippen LogP contribution is 2.52. The Morgan fingerprint density at radius 1 is 0.462 bits per heavy atom. The van der Waals surface area contributed by atoms with Crippen LogP contribution in [-0.4, -0.2) is 24.5 Å². The maximum absolute atomic E-state index is 11.3. The lowest BCUT2D eigenvalue weighted by Crippen LogP contribution is -2.07. The fraction of sp³-hybridized carbons (Fsp3) is 0. The van der Waals surface area contributed by atoms with Crippen LogP contribution < -0.4 is 0 Å². The van der Waals surface area contributed by atoms with Gasteiger partial charge in [0.05, 0.1) is 22.3 Å². The first-order chi connectivity index (χ1) is 25.8. The van der Waals surface area contributed by atoms with E-state index in [0.29, 0.717) is 5.56 Å².